The Hall–Kier alpha value is -3.46. The topological polar surface area (TPSA) is 98.2 Å². The van der Waals surface area contributed by atoms with E-state index in [1.807, 2.05) is 26.1 Å². The molecule has 0 saturated carbocycles. The number of nitrogens with zero attached hydrogens (tertiary/aromatic N) is 3. The highest BCUT2D eigenvalue weighted by atomic mass is 16.3. The molecule has 4 N–H and O–H groups in total. The SMILES string of the molecule is CC[C@H](C)n1cc(C)c2c(C(O)NCc3c(C)cc(C)[nH]c3=O)cc(-c3ccc(N4CCNCC4)nc3)cc21. The van der Waals surface area contributed by atoms with E-state index in [0.29, 0.717) is 11.6 Å². The molecule has 1 aromatic carbocycles. The minimum Gasteiger partial charge on any atom is -0.374 e. The van der Waals surface area contributed by atoms with E-state index in [1.165, 1.54) is 0 Å². The van der Waals surface area contributed by atoms with Gasteiger partial charge in [-0.3, -0.25) is 10.1 Å². The fourth-order valence-electron chi connectivity index (χ4n) is 5.62. The highest BCUT2D eigenvalue weighted by molar-refractivity contribution is 5.92. The Labute approximate surface area is 230 Å². The molecule has 1 aliphatic rings. The number of aliphatic hydroxyl groups is 1. The molecule has 0 amide bonds. The Kier molecular flexibility index (Phi) is 7.88. The first-order valence-corrected chi connectivity index (χ1v) is 13.9. The number of hydrogen-bond acceptors (Lipinski definition) is 6. The summed E-state index contributed by atoms with van der Waals surface area (Å²) in [4.78, 5) is 22.5. The molecule has 4 aromatic rings. The molecular formula is C31H40N6O2. The van der Waals surface area contributed by atoms with E-state index in [1.54, 1.807) is 0 Å². The third kappa shape index (κ3) is 5.50. The van der Waals surface area contributed by atoms with Crippen LogP contribution >= 0.6 is 0 Å². The molecular weight excluding hydrogens is 488 g/mol. The quantitative estimate of drug-likeness (QED) is 0.252. The van der Waals surface area contributed by atoms with E-state index in [9.17, 15) is 9.90 Å². The fraction of sp³-hybridized carbons (Fsp3) is 0.419. The lowest BCUT2D eigenvalue weighted by Crippen LogP contribution is -2.43. The summed E-state index contributed by atoms with van der Waals surface area (Å²) in [5.74, 6) is 0.987. The maximum atomic E-state index is 12.6. The van der Waals surface area contributed by atoms with Gasteiger partial charge in [-0.1, -0.05) is 6.92 Å². The monoisotopic (exact) mass is 528 g/mol. The van der Waals surface area contributed by atoms with Crippen molar-refractivity contribution >= 4 is 16.7 Å². The number of aromatic amines is 1. The molecule has 3 aromatic heterocycles. The first kappa shape index (κ1) is 27.1. The van der Waals surface area contributed by atoms with Crippen LogP contribution in [-0.4, -0.2) is 45.8 Å². The van der Waals surface area contributed by atoms with Crippen molar-refractivity contribution in [1.82, 2.24) is 25.2 Å². The van der Waals surface area contributed by atoms with Crippen LogP contribution in [-0.2, 0) is 6.54 Å². The molecule has 0 radical (unpaired) electrons. The predicted molar refractivity (Wildman–Crippen MR) is 158 cm³/mol. The summed E-state index contributed by atoms with van der Waals surface area (Å²) in [6, 6.07) is 10.7. The molecule has 8 nitrogen and oxygen atoms in total. The van der Waals surface area contributed by atoms with E-state index in [2.05, 4.69) is 76.3 Å². The first-order valence-electron chi connectivity index (χ1n) is 13.9. The van der Waals surface area contributed by atoms with E-state index in [0.717, 1.165) is 82.8 Å². The minimum absolute atomic E-state index is 0.124. The van der Waals surface area contributed by atoms with Crippen molar-refractivity contribution in [3.05, 3.63) is 81.0 Å². The third-order valence-corrected chi connectivity index (χ3v) is 8.00. The van der Waals surface area contributed by atoms with Gasteiger partial charge in [-0.25, -0.2) is 4.98 Å². The van der Waals surface area contributed by atoms with Crippen LogP contribution in [0, 0.1) is 20.8 Å². The summed E-state index contributed by atoms with van der Waals surface area (Å²) in [5.41, 5.74) is 7.26. The van der Waals surface area contributed by atoms with Crippen LogP contribution in [0.3, 0.4) is 0 Å². The zero-order valence-corrected chi connectivity index (χ0v) is 23.6. The van der Waals surface area contributed by atoms with E-state index in [4.69, 9.17) is 4.98 Å². The standard InChI is InChI=1S/C31H40N6O2/c1-6-22(5)37-18-20(3)29-25(30(38)34-17-26-19(2)13-21(4)35-31(26)39)14-24(15-27(29)37)23-7-8-28(33-16-23)36-11-9-32-10-12-36/h7-8,13-16,18,22,30,32,34,38H,6,9-12,17H2,1-5H3,(H,35,39)/t22-,30?/m0/s1. The fourth-order valence-corrected chi connectivity index (χ4v) is 5.62. The number of aromatic nitrogens is 3. The van der Waals surface area contributed by atoms with Crippen molar-refractivity contribution in [2.75, 3.05) is 31.1 Å². The van der Waals surface area contributed by atoms with E-state index < -0.39 is 6.23 Å². The van der Waals surface area contributed by atoms with Crippen LogP contribution in [0.4, 0.5) is 5.82 Å². The van der Waals surface area contributed by atoms with Crippen molar-refractivity contribution < 1.29 is 5.11 Å². The molecule has 0 spiro atoms. The number of piperazine rings is 1. The molecule has 1 aliphatic heterocycles. The van der Waals surface area contributed by atoms with Gasteiger partial charge in [0, 0.05) is 84.4 Å². The summed E-state index contributed by atoms with van der Waals surface area (Å²) in [6.07, 6.45) is 4.16. The largest absolute Gasteiger partial charge is 0.374 e. The number of fused-ring (bicyclic) bond motifs is 1. The summed E-state index contributed by atoms with van der Waals surface area (Å²) in [6.45, 7) is 14.4. The summed E-state index contributed by atoms with van der Waals surface area (Å²) in [5, 5.41) is 19.1. The molecule has 0 aliphatic carbocycles. The third-order valence-electron chi connectivity index (χ3n) is 8.00. The zero-order valence-electron chi connectivity index (χ0n) is 23.6. The van der Waals surface area contributed by atoms with Gasteiger partial charge in [0.05, 0.1) is 0 Å². The van der Waals surface area contributed by atoms with Crippen molar-refractivity contribution in [2.45, 2.75) is 59.9 Å². The second-order valence-corrected chi connectivity index (χ2v) is 10.8. The molecule has 206 valence electrons. The average Bonchev–Trinajstić information content (AvgIpc) is 3.28. The van der Waals surface area contributed by atoms with Crippen molar-refractivity contribution in [3.8, 4) is 11.1 Å². The lowest BCUT2D eigenvalue weighted by molar-refractivity contribution is 0.138. The molecule has 39 heavy (non-hydrogen) atoms. The van der Waals surface area contributed by atoms with Gasteiger partial charge in [-0.15, -0.1) is 0 Å². The number of hydrogen-bond donors (Lipinski definition) is 4. The highest BCUT2D eigenvalue weighted by Crippen LogP contribution is 2.36. The van der Waals surface area contributed by atoms with Crippen LogP contribution in [0.2, 0.25) is 0 Å². The number of benzene rings is 1. The Morgan fingerprint density at radius 3 is 2.51 bits per heavy atom. The molecule has 5 rings (SSSR count). The van der Waals surface area contributed by atoms with Gasteiger partial charge in [0.15, 0.2) is 0 Å². The van der Waals surface area contributed by atoms with Crippen molar-refractivity contribution in [3.63, 3.8) is 0 Å². The second-order valence-electron chi connectivity index (χ2n) is 10.8. The molecule has 1 unspecified atom stereocenters. The number of pyridine rings is 2. The van der Waals surface area contributed by atoms with Crippen LogP contribution < -0.4 is 21.1 Å². The summed E-state index contributed by atoms with van der Waals surface area (Å²) < 4.78 is 2.31. The van der Waals surface area contributed by atoms with Gasteiger partial charge < -0.3 is 24.9 Å². The highest BCUT2D eigenvalue weighted by Gasteiger charge is 2.21. The second kappa shape index (κ2) is 11.3. The van der Waals surface area contributed by atoms with Gasteiger partial charge in [-0.05, 0) is 81.1 Å². The molecule has 1 saturated heterocycles. The summed E-state index contributed by atoms with van der Waals surface area (Å²) >= 11 is 0. The molecule has 0 bridgehead atoms. The molecule has 8 heteroatoms. The van der Waals surface area contributed by atoms with Crippen LogP contribution in [0.15, 0.2) is 47.5 Å². The Bertz CT molecular complexity index is 1520. The molecule has 2 atom stereocenters. The number of H-pyrrole nitrogens is 1. The maximum absolute atomic E-state index is 12.6. The average molecular weight is 529 g/mol. The molecule has 4 heterocycles. The lowest BCUT2D eigenvalue weighted by Gasteiger charge is -2.28. The van der Waals surface area contributed by atoms with Crippen molar-refractivity contribution in [2.24, 2.45) is 0 Å². The Balaban J connectivity index is 1.53. The number of nitrogens with one attached hydrogen (secondary N) is 3. The number of aliphatic hydroxyl groups excluding tert-OH is 1. The maximum Gasteiger partial charge on any atom is 0.252 e. The zero-order chi connectivity index (χ0) is 27.7. The summed E-state index contributed by atoms with van der Waals surface area (Å²) in [7, 11) is 0. The Morgan fingerprint density at radius 2 is 1.85 bits per heavy atom. The van der Waals surface area contributed by atoms with E-state index in [-0.39, 0.29) is 12.1 Å². The smallest absolute Gasteiger partial charge is 0.252 e. The minimum atomic E-state index is -0.952. The Morgan fingerprint density at radius 1 is 1.08 bits per heavy atom. The van der Waals surface area contributed by atoms with E-state index >= 15 is 0 Å². The van der Waals surface area contributed by atoms with Crippen LogP contribution in [0.1, 0.15) is 60.5 Å². The predicted octanol–water partition coefficient (Wildman–Crippen LogP) is 4.48. The number of rotatable bonds is 8. The van der Waals surface area contributed by atoms with Crippen LogP contribution in [0.25, 0.3) is 22.0 Å². The van der Waals surface area contributed by atoms with Gasteiger partial charge in [-0.2, -0.15) is 0 Å². The van der Waals surface area contributed by atoms with Crippen LogP contribution in [0.5, 0.6) is 0 Å². The van der Waals surface area contributed by atoms with Crippen molar-refractivity contribution in [1.29, 1.82) is 0 Å². The number of anilines is 1. The van der Waals surface area contributed by atoms with Gasteiger partial charge in [0.2, 0.25) is 0 Å². The van der Waals surface area contributed by atoms with Gasteiger partial charge >= 0.3 is 0 Å². The lowest BCUT2D eigenvalue weighted by atomic mass is 9.98. The number of aryl methyl sites for hydroxylation is 3. The van der Waals surface area contributed by atoms with Gasteiger partial charge in [0.1, 0.15) is 12.0 Å². The van der Waals surface area contributed by atoms with Gasteiger partial charge in [0.25, 0.3) is 5.56 Å². The first-order chi connectivity index (χ1) is 18.8. The normalized spacial score (nSPS) is 15.6. The molecule has 1 fully saturated rings.